The van der Waals surface area contributed by atoms with Crippen molar-refractivity contribution in [2.24, 2.45) is 5.92 Å². The predicted octanol–water partition coefficient (Wildman–Crippen LogP) is 1.05. The van der Waals surface area contributed by atoms with Crippen molar-refractivity contribution in [1.29, 1.82) is 0 Å². The highest BCUT2D eigenvalue weighted by molar-refractivity contribution is 6.18. The molecule has 1 unspecified atom stereocenters. The van der Waals surface area contributed by atoms with Gasteiger partial charge in [-0.2, -0.15) is 0 Å². The van der Waals surface area contributed by atoms with E-state index in [2.05, 4.69) is 5.32 Å². The Morgan fingerprint density at radius 3 is 2.76 bits per heavy atom. The molecule has 1 atom stereocenters. The zero-order valence-electron chi connectivity index (χ0n) is 9.31. The third-order valence-electron chi connectivity index (χ3n) is 2.85. The molecule has 0 spiro atoms. The van der Waals surface area contributed by atoms with Crippen molar-refractivity contribution in [2.45, 2.75) is 19.3 Å². The molecule has 0 saturated heterocycles. The summed E-state index contributed by atoms with van der Waals surface area (Å²) in [5.74, 6) is -0.889. The number of ketones is 2. The van der Waals surface area contributed by atoms with E-state index in [1.165, 1.54) is 18.2 Å². The molecule has 0 radical (unpaired) electrons. The third-order valence-corrected chi connectivity index (χ3v) is 2.85. The van der Waals surface area contributed by atoms with Crippen molar-refractivity contribution in [3.8, 4) is 0 Å². The number of rotatable bonds is 2. The number of hydrogen-bond donors (Lipinski definition) is 1. The Morgan fingerprint density at radius 1 is 1.24 bits per heavy atom. The van der Waals surface area contributed by atoms with E-state index in [4.69, 9.17) is 0 Å². The van der Waals surface area contributed by atoms with Gasteiger partial charge in [0.05, 0.1) is 5.70 Å². The quantitative estimate of drug-likeness (QED) is 0.570. The SMILES string of the molecule is O=C1C=CC(=O)C(NC(=O)C2CC=CCC2)=C1. The highest BCUT2D eigenvalue weighted by Crippen LogP contribution is 2.18. The highest BCUT2D eigenvalue weighted by Gasteiger charge is 2.22. The molecule has 4 nitrogen and oxygen atoms in total. The van der Waals surface area contributed by atoms with Gasteiger partial charge in [0.1, 0.15) is 0 Å². The lowest BCUT2D eigenvalue weighted by Crippen LogP contribution is -2.34. The molecule has 0 aromatic carbocycles. The first-order valence-electron chi connectivity index (χ1n) is 5.61. The van der Waals surface area contributed by atoms with E-state index in [0.29, 0.717) is 6.42 Å². The Bertz CT molecular complexity index is 457. The zero-order chi connectivity index (χ0) is 12.3. The molecule has 0 aliphatic heterocycles. The van der Waals surface area contributed by atoms with Gasteiger partial charge in [0.25, 0.3) is 0 Å². The Morgan fingerprint density at radius 2 is 2.06 bits per heavy atom. The second kappa shape index (κ2) is 4.91. The minimum atomic E-state index is -0.329. The molecule has 0 bridgehead atoms. The Balaban J connectivity index is 2.01. The van der Waals surface area contributed by atoms with Gasteiger partial charge in [0.2, 0.25) is 11.7 Å². The molecule has 2 aliphatic rings. The maximum absolute atomic E-state index is 11.8. The average molecular weight is 231 g/mol. The monoisotopic (exact) mass is 231 g/mol. The van der Waals surface area contributed by atoms with Crippen molar-refractivity contribution >= 4 is 17.5 Å². The van der Waals surface area contributed by atoms with Gasteiger partial charge in [0, 0.05) is 12.0 Å². The number of hydrogen-bond acceptors (Lipinski definition) is 3. The summed E-state index contributed by atoms with van der Waals surface area (Å²) >= 11 is 0. The summed E-state index contributed by atoms with van der Waals surface area (Å²) in [6, 6.07) is 0. The maximum atomic E-state index is 11.8. The molecular formula is C13H13NO3. The van der Waals surface area contributed by atoms with Crippen LogP contribution in [0.1, 0.15) is 19.3 Å². The normalized spacial score (nSPS) is 23.5. The standard InChI is InChI=1S/C13H13NO3/c15-10-6-7-12(16)11(8-10)14-13(17)9-4-2-1-3-5-9/h1-2,6-9H,3-5H2,(H,14,17). The summed E-state index contributed by atoms with van der Waals surface area (Å²) < 4.78 is 0. The Labute approximate surface area is 99.1 Å². The van der Waals surface area contributed by atoms with E-state index >= 15 is 0 Å². The first kappa shape index (κ1) is 11.5. The van der Waals surface area contributed by atoms with Crippen molar-refractivity contribution in [3.05, 3.63) is 36.1 Å². The van der Waals surface area contributed by atoms with Crippen LogP contribution in [0.2, 0.25) is 0 Å². The second-order valence-electron chi connectivity index (χ2n) is 4.13. The van der Waals surface area contributed by atoms with Gasteiger partial charge in [-0.1, -0.05) is 12.2 Å². The molecule has 0 aromatic heterocycles. The fraction of sp³-hybridized carbons (Fsp3) is 0.308. The van der Waals surface area contributed by atoms with E-state index in [1.807, 2.05) is 12.2 Å². The Kier molecular flexibility index (Phi) is 3.32. The largest absolute Gasteiger partial charge is 0.322 e. The number of amides is 1. The fourth-order valence-electron chi connectivity index (χ4n) is 1.87. The van der Waals surface area contributed by atoms with Crippen LogP contribution in [0, 0.1) is 5.92 Å². The van der Waals surface area contributed by atoms with Crippen molar-refractivity contribution in [2.75, 3.05) is 0 Å². The van der Waals surface area contributed by atoms with Crippen LogP contribution in [0.15, 0.2) is 36.1 Å². The Hall–Kier alpha value is -1.97. The molecule has 1 N–H and O–H groups in total. The van der Waals surface area contributed by atoms with E-state index in [-0.39, 0.29) is 29.1 Å². The van der Waals surface area contributed by atoms with Crippen molar-refractivity contribution in [1.82, 2.24) is 5.32 Å². The molecule has 0 aromatic rings. The molecule has 4 heteroatoms. The van der Waals surface area contributed by atoms with E-state index in [0.717, 1.165) is 12.8 Å². The van der Waals surface area contributed by atoms with Crippen LogP contribution < -0.4 is 5.32 Å². The van der Waals surface area contributed by atoms with Gasteiger partial charge in [-0.05, 0) is 31.4 Å². The minimum absolute atomic E-state index is 0.0806. The molecule has 0 saturated carbocycles. The highest BCUT2D eigenvalue weighted by atomic mass is 16.2. The minimum Gasteiger partial charge on any atom is -0.322 e. The molecule has 88 valence electrons. The van der Waals surface area contributed by atoms with E-state index in [9.17, 15) is 14.4 Å². The molecule has 1 amide bonds. The van der Waals surface area contributed by atoms with Gasteiger partial charge < -0.3 is 5.32 Å². The molecule has 0 heterocycles. The third kappa shape index (κ3) is 2.78. The summed E-state index contributed by atoms with van der Waals surface area (Å²) in [6.07, 6.45) is 9.91. The van der Waals surface area contributed by atoms with Crippen LogP contribution >= 0.6 is 0 Å². The van der Waals surface area contributed by atoms with Gasteiger partial charge in [-0.3, -0.25) is 14.4 Å². The number of allylic oxidation sites excluding steroid dienone is 5. The molecule has 0 fully saturated rings. The topological polar surface area (TPSA) is 63.2 Å². The molecule has 2 aliphatic carbocycles. The van der Waals surface area contributed by atoms with E-state index < -0.39 is 0 Å². The number of carbonyl (C=O) groups excluding carboxylic acids is 3. The lowest BCUT2D eigenvalue weighted by Gasteiger charge is -2.18. The van der Waals surface area contributed by atoms with Gasteiger partial charge >= 0.3 is 0 Å². The molecular weight excluding hydrogens is 218 g/mol. The number of nitrogens with one attached hydrogen (secondary N) is 1. The van der Waals surface area contributed by atoms with Gasteiger partial charge in [-0.25, -0.2) is 0 Å². The summed E-state index contributed by atoms with van der Waals surface area (Å²) in [6.45, 7) is 0. The summed E-state index contributed by atoms with van der Waals surface area (Å²) in [7, 11) is 0. The van der Waals surface area contributed by atoms with E-state index in [1.54, 1.807) is 0 Å². The van der Waals surface area contributed by atoms with Crippen molar-refractivity contribution < 1.29 is 14.4 Å². The first-order valence-corrected chi connectivity index (χ1v) is 5.61. The second-order valence-corrected chi connectivity index (χ2v) is 4.13. The predicted molar refractivity (Wildman–Crippen MR) is 61.9 cm³/mol. The average Bonchev–Trinajstić information content (AvgIpc) is 2.35. The fourth-order valence-corrected chi connectivity index (χ4v) is 1.87. The summed E-state index contributed by atoms with van der Waals surface area (Å²) in [5, 5.41) is 2.54. The van der Waals surface area contributed by atoms with Crippen LogP contribution in [0.4, 0.5) is 0 Å². The van der Waals surface area contributed by atoms with Crippen LogP contribution in [0.25, 0.3) is 0 Å². The summed E-state index contributed by atoms with van der Waals surface area (Å²) in [5.41, 5.74) is 0.0806. The van der Waals surface area contributed by atoms with Gasteiger partial charge in [-0.15, -0.1) is 0 Å². The lowest BCUT2D eigenvalue weighted by molar-refractivity contribution is -0.125. The molecule has 17 heavy (non-hydrogen) atoms. The van der Waals surface area contributed by atoms with Crippen LogP contribution in [0.3, 0.4) is 0 Å². The van der Waals surface area contributed by atoms with Crippen molar-refractivity contribution in [3.63, 3.8) is 0 Å². The summed E-state index contributed by atoms with van der Waals surface area (Å²) in [4.78, 5) is 34.4. The van der Waals surface area contributed by atoms with Crippen LogP contribution in [0.5, 0.6) is 0 Å². The lowest BCUT2D eigenvalue weighted by atomic mass is 9.93. The zero-order valence-corrected chi connectivity index (χ0v) is 9.31. The molecule has 2 rings (SSSR count). The number of carbonyl (C=O) groups is 3. The maximum Gasteiger partial charge on any atom is 0.227 e. The van der Waals surface area contributed by atoms with Gasteiger partial charge in [0.15, 0.2) is 5.78 Å². The van der Waals surface area contributed by atoms with Crippen LogP contribution in [-0.2, 0) is 14.4 Å². The smallest absolute Gasteiger partial charge is 0.227 e. The first-order chi connectivity index (χ1) is 8.16. The van der Waals surface area contributed by atoms with Crippen LogP contribution in [-0.4, -0.2) is 17.5 Å².